The van der Waals surface area contributed by atoms with Crippen molar-refractivity contribution >= 4 is 11.6 Å². The zero-order valence-corrected chi connectivity index (χ0v) is 9.77. The summed E-state index contributed by atoms with van der Waals surface area (Å²) in [5.74, 6) is 0.619. The van der Waals surface area contributed by atoms with E-state index >= 15 is 0 Å². The van der Waals surface area contributed by atoms with Crippen molar-refractivity contribution in [2.75, 3.05) is 7.11 Å². The SMILES string of the molecule is CCc1cc(Cl)c(OC)c(C2(O)CC2)c1. The number of hydrogen-bond acceptors (Lipinski definition) is 2. The zero-order chi connectivity index (χ0) is 11.1. The highest BCUT2D eigenvalue weighted by atomic mass is 35.5. The summed E-state index contributed by atoms with van der Waals surface area (Å²) in [5, 5.41) is 10.7. The summed E-state index contributed by atoms with van der Waals surface area (Å²) >= 11 is 6.11. The summed E-state index contributed by atoms with van der Waals surface area (Å²) in [7, 11) is 1.59. The van der Waals surface area contributed by atoms with E-state index in [1.54, 1.807) is 7.11 Å². The monoisotopic (exact) mass is 226 g/mol. The summed E-state index contributed by atoms with van der Waals surface area (Å²) in [4.78, 5) is 0. The van der Waals surface area contributed by atoms with Gasteiger partial charge in [0, 0.05) is 5.56 Å². The molecular weight excluding hydrogens is 212 g/mol. The summed E-state index contributed by atoms with van der Waals surface area (Å²) in [6.45, 7) is 2.07. The Labute approximate surface area is 94.8 Å². The molecule has 1 aliphatic rings. The minimum atomic E-state index is -0.694. The minimum Gasteiger partial charge on any atom is -0.495 e. The van der Waals surface area contributed by atoms with Gasteiger partial charge in [-0.1, -0.05) is 18.5 Å². The van der Waals surface area contributed by atoms with E-state index in [0.29, 0.717) is 10.8 Å². The van der Waals surface area contributed by atoms with Gasteiger partial charge in [-0.2, -0.15) is 0 Å². The van der Waals surface area contributed by atoms with Crippen molar-refractivity contribution < 1.29 is 9.84 Å². The van der Waals surface area contributed by atoms with E-state index in [4.69, 9.17) is 16.3 Å². The maximum atomic E-state index is 10.1. The lowest BCUT2D eigenvalue weighted by Crippen LogP contribution is -2.08. The van der Waals surface area contributed by atoms with E-state index < -0.39 is 5.60 Å². The van der Waals surface area contributed by atoms with Crippen molar-refractivity contribution in [3.63, 3.8) is 0 Å². The van der Waals surface area contributed by atoms with Gasteiger partial charge in [0.1, 0.15) is 5.75 Å². The van der Waals surface area contributed by atoms with Gasteiger partial charge in [0.2, 0.25) is 0 Å². The van der Waals surface area contributed by atoms with Crippen molar-refractivity contribution in [1.82, 2.24) is 0 Å². The van der Waals surface area contributed by atoms with Crippen LogP contribution >= 0.6 is 11.6 Å². The number of aliphatic hydroxyl groups is 1. The lowest BCUT2D eigenvalue weighted by atomic mass is 10.0. The molecule has 0 atom stereocenters. The number of hydrogen-bond donors (Lipinski definition) is 1. The number of rotatable bonds is 3. The van der Waals surface area contributed by atoms with Gasteiger partial charge in [-0.3, -0.25) is 0 Å². The first-order valence-electron chi connectivity index (χ1n) is 5.20. The molecule has 2 rings (SSSR count). The van der Waals surface area contributed by atoms with Gasteiger partial charge in [0.05, 0.1) is 17.7 Å². The molecule has 1 aromatic rings. The standard InChI is InChI=1S/C12H15ClO2/c1-3-8-6-9(12(14)4-5-12)11(15-2)10(13)7-8/h6-7,14H,3-5H2,1-2H3. The van der Waals surface area contributed by atoms with E-state index in [1.807, 2.05) is 12.1 Å². The molecule has 2 nitrogen and oxygen atoms in total. The fourth-order valence-electron chi connectivity index (χ4n) is 1.79. The van der Waals surface area contributed by atoms with Crippen LogP contribution in [-0.4, -0.2) is 12.2 Å². The molecule has 1 aromatic carbocycles. The Hall–Kier alpha value is -0.730. The number of methoxy groups -OCH3 is 1. The third kappa shape index (κ3) is 1.84. The van der Waals surface area contributed by atoms with E-state index in [-0.39, 0.29) is 0 Å². The highest BCUT2D eigenvalue weighted by Crippen LogP contribution is 2.50. The fraction of sp³-hybridized carbons (Fsp3) is 0.500. The Kier molecular flexibility index (Phi) is 2.65. The Bertz CT molecular complexity index is 383. The fourth-order valence-corrected chi connectivity index (χ4v) is 2.11. The van der Waals surface area contributed by atoms with Crippen LogP contribution in [0.3, 0.4) is 0 Å². The molecule has 0 heterocycles. The molecule has 1 N–H and O–H groups in total. The number of halogens is 1. The van der Waals surface area contributed by atoms with E-state index in [1.165, 1.54) is 0 Å². The predicted molar refractivity (Wildman–Crippen MR) is 60.5 cm³/mol. The van der Waals surface area contributed by atoms with E-state index in [9.17, 15) is 5.11 Å². The topological polar surface area (TPSA) is 29.5 Å². The second kappa shape index (κ2) is 3.69. The van der Waals surface area contributed by atoms with Crippen LogP contribution in [0.1, 0.15) is 30.9 Å². The highest BCUT2D eigenvalue weighted by Gasteiger charge is 2.44. The first-order chi connectivity index (χ1) is 7.10. The first-order valence-corrected chi connectivity index (χ1v) is 5.58. The second-order valence-corrected chi connectivity index (χ2v) is 4.45. The third-order valence-corrected chi connectivity index (χ3v) is 3.22. The maximum absolute atomic E-state index is 10.1. The Morgan fingerprint density at radius 1 is 1.47 bits per heavy atom. The Morgan fingerprint density at radius 2 is 2.13 bits per heavy atom. The Morgan fingerprint density at radius 3 is 2.60 bits per heavy atom. The molecule has 1 saturated carbocycles. The average molecular weight is 227 g/mol. The highest BCUT2D eigenvalue weighted by molar-refractivity contribution is 6.32. The molecule has 3 heteroatoms. The van der Waals surface area contributed by atoms with Crippen molar-refractivity contribution in [3.8, 4) is 5.75 Å². The van der Waals surface area contributed by atoms with Crippen LogP contribution < -0.4 is 4.74 Å². The van der Waals surface area contributed by atoms with Crippen LogP contribution in [0.5, 0.6) is 5.75 Å². The summed E-state index contributed by atoms with van der Waals surface area (Å²) in [6, 6.07) is 3.90. The molecule has 82 valence electrons. The molecule has 1 aliphatic carbocycles. The summed E-state index contributed by atoms with van der Waals surface area (Å²) in [5.41, 5.74) is 1.28. The van der Waals surface area contributed by atoms with Crippen molar-refractivity contribution in [1.29, 1.82) is 0 Å². The molecule has 1 fully saturated rings. The maximum Gasteiger partial charge on any atom is 0.143 e. The van der Waals surface area contributed by atoms with Crippen LogP contribution in [0.2, 0.25) is 5.02 Å². The van der Waals surface area contributed by atoms with Crippen LogP contribution in [0.15, 0.2) is 12.1 Å². The van der Waals surface area contributed by atoms with Gasteiger partial charge < -0.3 is 9.84 Å². The third-order valence-electron chi connectivity index (χ3n) is 2.94. The molecule has 0 aliphatic heterocycles. The van der Waals surface area contributed by atoms with Crippen LogP contribution in [0.4, 0.5) is 0 Å². The van der Waals surface area contributed by atoms with Gasteiger partial charge in [-0.15, -0.1) is 0 Å². The lowest BCUT2D eigenvalue weighted by molar-refractivity contribution is 0.147. The quantitative estimate of drug-likeness (QED) is 0.859. The van der Waals surface area contributed by atoms with E-state index in [2.05, 4.69) is 6.92 Å². The Balaban J connectivity index is 2.53. The molecule has 0 saturated heterocycles. The summed E-state index contributed by atoms with van der Waals surface area (Å²) < 4.78 is 5.25. The lowest BCUT2D eigenvalue weighted by Gasteiger charge is -2.16. The van der Waals surface area contributed by atoms with Crippen molar-refractivity contribution in [2.24, 2.45) is 0 Å². The second-order valence-electron chi connectivity index (χ2n) is 4.04. The average Bonchev–Trinajstić information content (AvgIpc) is 2.96. The van der Waals surface area contributed by atoms with Crippen LogP contribution in [0.25, 0.3) is 0 Å². The van der Waals surface area contributed by atoms with Crippen molar-refractivity contribution in [3.05, 3.63) is 28.3 Å². The van der Waals surface area contributed by atoms with Gasteiger partial charge in [-0.25, -0.2) is 0 Å². The minimum absolute atomic E-state index is 0.590. The molecule has 15 heavy (non-hydrogen) atoms. The van der Waals surface area contributed by atoms with Gasteiger partial charge >= 0.3 is 0 Å². The van der Waals surface area contributed by atoms with Crippen LogP contribution in [-0.2, 0) is 12.0 Å². The normalized spacial score (nSPS) is 17.6. The van der Waals surface area contributed by atoms with Gasteiger partial charge in [-0.05, 0) is 37.0 Å². The largest absolute Gasteiger partial charge is 0.495 e. The first kappa shape index (κ1) is 10.8. The van der Waals surface area contributed by atoms with Crippen LogP contribution in [0, 0.1) is 0 Å². The zero-order valence-electron chi connectivity index (χ0n) is 9.01. The molecule has 0 amide bonds. The van der Waals surface area contributed by atoms with E-state index in [0.717, 1.165) is 30.4 Å². The van der Waals surface area contributed by atoms with Gasteiger partial charge in [0.25, 0.3) is 0 Å². The number of ether oxygens (including phenoxy) is 1. The molecule has 0 unspecified atom stereocenters. The predicted octanol–water partition coefficient (Wildman–Crippen LogP) is 2.89. The smallest absolute Gasteiger partial charge is 0.143 e. The molecule has 0 spiro atoms. The molecule has 0 radical (unpaired) electrons. The molecule has 0 bridgehead atoms. The number of benzene rings is 1. The number of aryl methyl sites for hydroxylation is 1. The summed E-state index contributed by atoms with van der Waals surface area (Å²) in [6.07, 6.45) is 2.51. The van der Waals surface area contributed by atoms with Gasteiger partial charge in [0.15, 0.2) is 0 Å². The molecular formula is C12H15ClO2. The molecule has 0 aromatic heterocycles. The van der Waals surface area contributed by atoms with Crippen molar-refractivity contribution in [2.45, 2.75) is 31.8 Å².